The number of ether oxygens (including phenoxy) is 1. The van der Waals surface area contributed by atoms with Crippen LogP contribution in [-0.4, -0.2) is 18.1 Å². The third-order valence-electron chi connectivity index (χ3n) is 3.09. The second kappa shape index (κ2) is 10.8. The molecule has 19 heavy (non-hydrogen) atoms. The molecule has 0 bridgehead atoms. The van der Waals surface area contributed by atoms with Crippen molar-refractivity contribution in [2.45, 2.75) is 59.0 Å². The van der Waals surface area contributed by atoms with E-state index in [9.17, 15) is 0 Å². The molecular weight excluding hydrogens is 236 g/mol. The second-order valence-electron chi connectivity index (χ2n) is 4.89. The summed E-state index contributed by atoms with van der Waals surface area (Å²) in [5.74, 6) is 0. The normalized spacial score (nSPS) is 10.6. The lowest BCUT2D eigenvalue weighted by atomic mass is 10.1. The zero-order valence-corrected chi connectivity index (χ0v) is 12.5. The summed E-state index contributed by atoms with van der Waals surface area (Å²) in [4.78, 5) is 4.31. The molecule has 108 valence electrons. The summed E-state index contributed by atoms with van der Waals surface area (Å²) in [6.07, 6.45) is 9.66. The number of unbranched alkanes of at least 4 members (excludes halogenated alkanes) is 5. The van der Waals surface area contributed by atoms with Crippen LogP contribution >= 0.6 is 0 Å². The highest BCUT2D eigenvalue weighted by Crippen LogP contribution is 2.09. The summed E-state index contributed by atoms with van der Waals surface area (Å²) in [7, 11) is 0. The average Bonchev–Trinajstić information content (AvgIpc) is 2.43. The molecule has 0 aliphatic carbocycles. The van der Waals surface area contributed by atoms with Crippen molar-refractivity contribution in [3.8, 4) is 0 Å². The van der Waals surface area contributed by atoms with Gasteiger partial charge in [-0.15, -0.1) is 0 Å². The molecule has 0 unspecified atom stereocenters. The zero-order valence-electron chi connectivity index (χ0n) is 12.5. The molecule has 1 rings (SSSR count). The Morgan fingerprint density at radius 3 is 2.68 bits per heavy atom. The first-order valence-corrected chi connectivity index (χ1v) is 7.63. The second-order valence-corrected chi connectivity index (χ2v) is 4.89. The van der Waals surface area contributed by atoms with Crippen LogP contribution in [0.5, 0.6) is 0 Å². The molecule has 0 atom stereocenters. The van der Waals surface area contributed by atoms with E-state index >= 15 is 0 Å². The van der Waals surface area contributed by atoms with E-state index in [0.717, 1.165) is 31.0 Å². The number of anilines is 1. The van der Waals surface area contributed by atoms with Gasteiger partial charge < -0.3 is 10.1 Å². The van der Waals surface area contributed by atoms with Crippen LogP contribution in [0.25, 0.3) is 0 Å². The molecule has 1 aromatic heterocycles. The summed E-state index contributed by atoms with van der Waals surface area (Å²) in [6.45, 7) is 6.74. The SMILES string of the molecule is CCCCCCCCOCc1cc(NCC)ccn1. The lowest BCUT2D eigenvalue weighted by Gasteiger charge is -2.07. The summed E-state index contributed by atoms with van der Waals surface area (Å²) in [5.41, 5.74) is 2.13. The number of hydrogen-bond donors (Lipinski definition) is 1. The lowest BCUT2D eigenvalue weighted by molar-refractivity contribution is 0.114. The molecule has 0 aliphatic heterocycles. The number of hydrogen-bond acceptors (Lipinski definition) is 3. The molecule has 0 saturated heterocycles. The molecule has 1 heterocycles. The molecule has 0 spiro atoms. The van der Waals surface area contributed by atoms with Crippen LogP contribution in [-0.2, 0) is 11.3 Å². The van der Waals surface area contributed by atoms with Crippen molar-refractivity contribution in [1.82, 2.24) is 4.98 Å². The minimum absolute atomic E-state index is 0.619. The fraction of sp³-hybridized carbons (Fsp3) is 0.688. The molecule has 1 N–H and O–H groups in total. The molecule has 0 saturated carbocycles. The molecule has 0 aliphatic rings. The average molecular weight is 264 g/mol. The van der Waals surface area contributed by atoms with E-state index in [1.807, 2.05) is 12.3 Å². The first kappa shape index (κ1) is 16.0. The van der Waals surface area contributed by atoms with Crippen LogP contribution in [0.3, 0.4) is 0 Å². The van der Waals surface area contributed by atoms with Gasteiger partial charge in [0, 0.05) is 25.0 Å². The van der Waals surface area contributed by atoms with Crippen LogP contribution < -0.4 is 5.32 Å². The van der Waals surface area contributed by atoms with E-state index in [4.69, 9.17) is 4.74 Å². The largest absolute Gasteiger partial charge is 0.385 e. The van der Waals surface area contributed by atoms with Crippen LogP contribution in [0.1, 0.15) is 58.1 Å². The molecular formula is C16H28N2O. The van der Waals surface area contributed by atoms with E-state index in [1.54, 1.807) is 0 Å². The maximum Gasteiger partial charge on any atom is 0.0888 e. The van der Waals surface area contributed by atoms with Crippen molar-refractivity contribution < 1.29 is 4.74 Å². The summed E-state index contributed by atoms with van der Waals surface area (Å²) < 4.78 is 5.67. The van der Waals surface area contributed by atoms with Crippen molar-refractivity contribution in [2.75, 3.05) is 18.5 Å². The van der Waals surface area contributed by atoms with E-state index in [0.29, 0.717) is 6.61 Å². The van der Waals surface area contributed by atoms with Crippen LogP contribution in [0.2, 0.25) is 0 Å². The van der Waals surface area contributed by atoms with Gasteiger partial charge in [0.05, 0.1) is 12.3 Å². The number of aromatic nitrogens is 1. The van der Waals surface area contributed by atoms with Gasteiger partial charge in [0.1, 0.15) is 0 Å². The Morgan fingerprint density at radius 2 is 1.89 bits per heavy atom. The fourth-order valence-corrected chi connectivity index (χ4v) is 2.03. The quantitative estimate of drug-likeness (QED) is 0.602. The van der Waals surface area contributed by atoms with Crippen molar-refractivity contribution in [3.05, 3.63) is 24.0 Å². The van der Waals surface area contributed by atoms with Crippen LogP contribution in [0.15, 0.2) is 18.3 Å². The van der Waals surface area contributed by atoms with Gasteiger partial charge in [0.15, 0.2) is 0 Å². The zero-order chi connectivity index (χ0) is 13.8. The van der Waals surface area contributed by atoms with Gasteiger partial charge in [-0.2, -0.15) is 0 Å². The molecule has 0 aromatic carbocycles. The molecule has 0 radical (unpaired) electrons. The number of nitrogens with zero attached hydrogens (tertiary/aromatic N) is 1. The summed E-state index contributed by atoms with van der Waals surface area (Å²) in [5, 5.41) is 3.28. The number of rotatable bonds is 11. The Morgan fingerprint density at radius 1 is 1.11 bits per heavy atom. The predicted molar refractivity (Wildman–Crippen MR) is 81.4 cm³/mol. The van der Waals surface area contributed by atoms with E-state index in [1.165, 1.54) is 32.1 Å². The molecule has 3 nitrogen and oxygen atoms in total. The third kappa shape index (κ3) is 7.83. The maximum absolute atomic E-state index is 5.67. The topological polar surface area (TPSA) is 34.1 Å². The Labute approximate surface area is 117 Å². The van der Waals surface area contributed by atoms with E-state index < -0.39 is 0 Å². The van der Waals surface area contributed by atoms with Gasteiger partial charge in [-0.3, -0.25) is 4.98 Å². The molecule has 1 aromatic rings. The van der Waals surface area contributed by atoms with Gasteiger partial charge in [0.25, 0.3) is 0 Å². The van der Waals surface area contributed by atoms with Crippen molar-refractivity contribution in [1.29, 1.82) is 0 Å². The Bertz CT molecular complexity index is 328. The Balaban J connectivity index is 2.07. The van der Waals surface area contributed by atoms with Crippen LogP contribution in [0.4, 0.5) is 5.69 Å². The van der Waals surface area contributed by atoms with Crippen molar-refractivity contribution in [2.24, 2.45) is 0 Å². The van der Waals surface area contributed by atoms with Crippen molar-refractivity contribution in [3.63, 3.8) is 0 Å². The minimum atomic E-state index is 0.619. The smallest absolute Gasteiger partial charge is 0.0888 e. The van der Waals surface area contributed by atoms with Gasteiger partial charge in [-0.05, 0) is 25.5 Å². The molecule has 0 amide bonds. The monoisotopic (exact) mass is 264 g/mol. The lowest BCUT2D eigenvalue weighted by Crippen LogP contribution is -2.01. The van der Waals surface area contributed by atoms with Gasteiger partial charge in [-0.25, -0.2) is 0 Å². The standard InChI is InChI=1S/C16H28N2O/c1-3-5-6-7-8-9-12-19-14-16-13-15(17-4-2)10-11-18-16/h10-11,13H,3-9,12,14H2,1-2H3,(H,17,18). The Kier molecular flexibility index (Phi) is 9.07. The third-order valence-corrected chi connectivity index (χ3v) is 3.09. The minimum Gasteiger partial charge on any atom is -0.385 e. The van der Waals surface area contributed by atoms with Crippen LogP contribution in [0, 0.1) is 0 Å². The van der Waals surface area contributed by atoms with Gasteiger partial charge in [0.2, 0.25) is 0 Å². The maximum atomic E-state index is 5.67. The van der Waals surface area contributed by atoms with Gasteiger partial charge >= 0.3 is 0 Å². The van der Waals surface area contributed by atoms with E-state index in [2.05, 4.69) is 30.2 Å². The molecule has 0 fully saturated rings. The number of nitrogens with one attached hydrogen (secondary N) is 1. The van der Waals surface area contributed by atoms with Gasteiger partial charge in [-0.1, -0.05) is 39.0 Å². The first-order valence-electron chi connectivity index (χ1n) is 7.63. The highest BCUT2D eigenvalue weighted by Gasteiger charge is 1.97. The molecule has 3 heteroatoms. The van der Waals surface area contributed by atoms with Crippen molar-refractivity contribution >= 4 is 5.69 Å². The highest BCUT2D eigenvalue weighted by atomic mass is 16.5. The predicted octanol–water partition coefficient (Wildman–Crippen LogP) is 4.39. The first-order chi connectivity index (χ1) is 9.36. The number of pyridine rings is 1. The fourth-order valence-electron chi connectivity index (χ4n) is 2.03. The highest BCUT2D eigenvalue weighted by molar-refractivity contribution is 5.42. The Hall–Kier alpha value is -1.09. The summed E-state index contributed by atoms with van der Waals surface area (Å²) >= 11 is 0. The van der Waals surface area contributed by atoms with E-state index in [-0.39, 0.29) is 0 Å². The summed E-state index contributed by atoms with van der Waals surface area (Å²) in [6, 6.07) is 4.05.